The highest BCUT2D eigenvalue weighted by Gasteiger charge is 2.19. The predicted octanol–water partition coefficient (Wildman–Crippen LogP) is 3.89. The van der Waals surface area contributed by atoms with Crippen LogP contribution in [0.1, 0.15) is 87.5 Å². The summed E-state index contributed by atoms with van der Waals surface area (Å²) in [5.74, 6) is -1.13. The van der Waals surface area contributed by atoms with Crippen LogP contribution in [0, 0.1) is 41.5 Å². The number of aliphatic hydroxyl groups is 3. The summed E-state index contributed by atoms with van der Waals surface area (Å²) in [6, 6.07) is 0. The van der Waals surface area contributed by atoms with Gasteiger partial charge < -0.3 is 29.5 Å². The maximum Gasteiger partial charge on any atom is 0.302 e. The Balaban J connectivity index is 0.000000434. The molecule has 0 spiro atoms. The molecule has 9 nitrogen and oxygen atoms in total. The largest absolute Gasteiger partial charge is 0.461 e. The van der Waals surface area contributed by atoms with Crippen LogP contribution >= 0.6 is 0 Å². The van der Waals surface area contributed by atoms with Crippen LogP contribution in [-0.4, -0.2) is 33.2 Å². The molecule has 0 aromatic heterocycles. The minimum atomic E-state index is -0.377. The Morgan fingerprint density at radius 3 is 0.769 bits per heavy atom. The fourth-order valence-corrected chi connectivity index (χ4v) is 4.66. The zero-order valence-electron chi connectivity index (χ0n) is 24.5. The molecule has 2 aromatic carbocycles. The van der Waals surface area contributed by atoms with Gasteiger partial charge in [0.1, 0.15) is 19.8 Å². The van der Waals surface area contributed by atoms with Crippen molar-refractivity contribution in [3.8, 4) is 0 Å². The van der Waals surface area contributed by atoms with Crippen molar-refractivity contribution in [3.05, 3.63) is 66.8 Å². The van der Waals surface area contributed by atoms with E-state index in [1.807, 2.05) is 41.5 Å². The fraction of sp³-hybridized carbons (Fsp3) is 0.500. The van der Waals surface area contributed by atoms with Gasteiger partial charge in [-0.3, -0.25) is 14.4 Å². The van der Waals surface area contributed by atoms with Gasteiger partial charge in [-0.2, -0.15) is 0 Å². The highest BCUT2D eigenvalue weighted by Crippen LogP contribution is 2.30. The summed E-state index contributed by atoms with van der Waals surface area (Å²) in [7, 11) is 0. The summed E-state index contributed by atoms with van der Waals surface area (Å²) in [4.78, 5) is 33.4. The standard InChI is InChI=1S/C18H24O6.C12H18O3/c1-10-16(7-22-13(4)19)11(2)18(9-24-15(6)21)12(3)17(10)8-23-14(5)20;1-7-10(4-13)8(2)12(6-15)9(3)11(7)5-14/h7-9H2,1-6H3;13-15H,4-6H2,1-3H3. The molecule has 39 heavy (non-hydrogen) atoms. The molecule has 0 aliphatic rings. The van der Waals surface area contributed by atoms with E-state index in [0.717, 1.165) is 66.8 Å². The van der Waals surface area contributed by atoms with Crippen molar-refractivity contribution in [3.63, 3.8) is 0 Å². The first-order chi connectivity index (χ1) is 18.2. The third kappa shape index (κ3) is 8.61. The molecule has 2 rings (SSSR count). The van der Waals surface area contributed by atoms with Crippen LogP contribution in [0.4, 0.5) is 0 Å². The smallest absolute Gasteiger partial charge is 0.302 e. The number of hydrogen-bond donors (Lipinski definition) is 3. The molecular weight excluding hydrogens is 504 g/mol. The zero-order valence-corrected chi connectivity index (χ0v) is 24.5. The lowest BCUT2D eigenvalue weighted by Gasteiger charge is -2.22. The van der Waals surface area contributed by atoms with Gasteiger partial charge in [0.2, 0.25) is 0 Å². The Morgan fingerprint density at radius 2 is 0.615 bits per heavy atom. The van der Waals surface area contributed by atoms with E-state index in [0.29, 0.717) is 0 Å². The molecule has 0 saturated heterocycles. The Labute approximate surface area is 230 Å². The van der Waals surface area contributed by atoms with E-state index in [1.165, 1.54) is 20.8 Å². The summed E-state index contributed by atoms with van der Waals surface area (Å²) in [5, 5.41) is 27.8. The minimum absolute atomic E-state index is 0.0576. The van der Waals surface area contributed by atoms with Crippen LogP contribution in [0.3, 0.4) is 0 Å². The molecule has 216 valence electrons. The second-order valence-corrected chi connectivity index (χ2v) is 9.44. The summed E-state index contributed by atoms with van der Waals surface area (Å²) in [5.41, 5.74) is 10.4. The van der Waals surface area contributed by atoms with Crippen LogP contribution in [0.25, 0.3) is 0 Å². The number of rotatable bonds is 9. The van der Waals surface area contributed by atoms with Gasteiger partial charge in [0.15, 0.2) is 0 Å². The van der Waals surface area contributed by atoms with Gasteiger partial charge in [-0.15, -0.1) is 0 Å². The average molecular weight is 547 g/mol. The SMILES string of the molecule is CC(=O)OCc1c(C)c(COC(C)=O)c(C)c(COC(C)=O)c1C.Cc1c(CO)c(C)c(CO)c(C)c1CO. The molecule has 0 radical (unpaired) electrons. The van der Waals surface area contributed by atoms with Gasteiger partial charge in [-0.05, 0) is 108 Å². The van der Waals surface area contributed by atoms with E-state index in [4.69, 9.17) is 14.2 Å². The number of carbonyl (C=O) groups is 3. The van der Waals surface area contributed by atoms with E-state index in [-0.39, 0.29) is 57.5 Å². The third-order valence-electron chi connectivity index (χ3n) is 7.17. The zero-order chi connectivity index (χ0) is 30.0. The van der Waals surface area contributed by atoms with Crippen molar-refractivity contribution >= 4 is 17.9 Å². The molecule has 0 atom stereocenters. The van der Waals surface area contributed by atoms with Crippen LogP contribution in [-0.2, 0) is 68.2 Å². The van der Waals surface area contributed by atoms with Gasteiger partial charge in [0.05, 0.1) is 19.8 Å². The van der Waals surface area contributed by atoms with Crippen molar-refractivity contribution in [1.82, 2.24) is 0 Å². The average Bonchev–Trinajstić information content (AvgIpc) is 2.84. The van der Waals surface area contributed by atoms with Crippen molar-refractivity contribution in [1.29, 1.82) is 0 Å². The molecule has 3 N–H and O–H groups in total. The monoisotopic (exact) mass is 546 g/mol. The predicted molar refractivity (Wildman–Crippen MR) is 145 cm³/mol. The van der Waals surface area contributed by atoms with E-state index < -0.39 is 0 Å². The summed E-state index contributed by atoms with van der Waals surface area (Å²) >= 11 is 0. The fourth-order valence-electron chi connectivity index (χ4n) is 4.66. The molecule has 0 fully saturated rings. The molecule has 0 heterocycles. The molecule has 0 unspecified atom stereocenters. The maximum absolute atomic E-state index is 11.1. The first kappa shape index (κ1) is 33.8. The molecule has 0 aliphatic heterocycles. The molecule has 0 bridgehead atoms. The number of ether oxygens (including phenoxy) is 3. The quantitative estimate of drug-likeness (QED) is 0.316. The Bertz CT molecular complexity index is 1020. The van der Waals surface area contributed by atoms with Crippen molar-refractivity contribution < 1.29 is 43.9 Å². The summed E-state index contributed by atoms with van der Waals surface area (Å²) < 4.78 is 15.4. The summed E-state index contributed by atoms with van der Waals surface area (Å²) in [6.45, 7) is 15.6. The van der Waals surface area contributed by atoms with Crippen LogP contribution in [0.15, 0.2) is 0 Å². The normalized spacial score (nSPS) is 10.5. The van der Waals surface area contributed by atoms with Crippen molar-refractivity contribution in [2.45, 2.75) is 102 Å². The second-order valence-electron chi connectivity index (χ2n) is 9.44. The van der Waals surface area contributed by atoms with Crippen LogP contribution < -0.4 is 0 Å². The molecule has 0 amide bonds. The highest BCUT2D eigenvalue weighted by atomic mass is 16.5. The van der Waals surface area contributed by atoms with E-state index >= 15 is 0 Å². The number of benzene rings is 2. The van der Waals surface area contributed by atoms with Gasteiger partial charge in [-0.25, -0.2) is 0 Å². The first-order valence-electron chi connectivity index (χ1n) is 12.7. The lowest BCUT2D eigenvalue weighted by Crippen LogP contribution is -2.13. The van der Waals surface area contributed by atoms with Crippen LogP contribution in [0.2, 0.25) is 0 Å². The molecule has 2 aromatic rings. The third-order valence-corrected chi connectivity index (χ3v) is 7.17. The van der Waals surface area contributed by atoms with E-state index in [9.17, 15) is 29.7 Å². The summed E-state index contributed by atoms with van der Waals surface area (Å²) in [6.07, 6.45) is 0. The first-order valence-corrected chi connectivity index (χ1v) is 12.7. The maximum atomic E-state index is 11.1. The van der Waals surface area contributed by atoms with Gasteiger partial charge in [-0.1, -0.05) is 0 Å². The Morgan fingerprint density at radius 1 is 0.436 bits per heavy atom. The van der Waals surface area contributed by atoms with E-state index in [1.54, 1.807) is 0 Å². The minimum Gasteiger partial charge on any atom is -0.461 e. The molecule has 0 saturated carbocycles. The van der Waals surface area contributed by atoms with Gasteiger partial charge >= 0.3 is 17.9 Å². The number of hydrogen-bond acceptors (Lipinski definition) is 9. The molecule has 9 heteroatoms. The van der Waals surface area contributed by atoms with E-state index in [2.05, 4.69) is 0 Å². The van der Waals surface area contributed by atoms with Crippen molar-refractivity contribution in [2.75, 3.05) is 0 Å². The topological polar surface area (TPSA) is 140 Å². The van der Waals surface area contributed by atoms with Gasteiger partial charge in [0.25, 0.3) is 0 Å². The number of aliphatic hydroxyl groups excluding tert-OH is 3. The number of carbonyl (C=O) groups excluding carboxylic acids is 3. The Kier molecular flexibility index (Phi) is 13.3. The molecule has 0 aliphatic carbocycles. The highest BCUT2D eigenvalue weighted by molar-refractivity contribution is 5.67. The lowest BCUT2D eigenvalue weighted by molar-refractivity contribution is -0.142. The number of esters is 3. The molecular formula is C30H42O9. The van der Waals surface area contributed by atoms with Gasteiger partial charge in [0, 0.05) is 20.8 Å². The van der Waals surface area contributed by atoms with Crippen LogP contribution in [0.5, 0.6) is 0 Å². The lowest BCUT2D eigenvalue weighted by atomic mass is 9.89. The second kappa shape index (κ2) is 15.4. The van der Waals surface area contributed by atoms with Crippen molar-refractivity contribution in [2.24, 2.45) is 0 Å². The Hall–Kier alpha value is -3.27.